The minimum Gasteiger partial charge on any atom is -0.373 e. The number of carbonyl (C=O) groups is 1. The van der Waals surface area contributed by atoms with Crippen LogP contribution >= 0.6 is 11.6 Å². The van der Waals surface area contributed by atoms with Crippen molar-refractivity contribution in [3.8, 4) is 0 Å². The molecule has 1 unspecified atom stereocenters. The van der Waals surface area contributed by atoms with Gasteiger partial charge < -0.3 is 4.74 Å². The number of hydrogen-bond donors (Lipinski definition) is 0. The third-order valence-electron chi connectivity index (χ3n) is 2.50. The van der Waals surface area contributed by atoms with Crippen molar-refractivity contribution in [2.75, 3.05) is 7.11 Å². The van der Waals surface area contributed by atoms with E-state index >= 15 is 0 Å². The van der Waals surface area contributed by atoms with E-state index in [-0.39, 0.29) is 17.8 Å². The molecule has 0 aromatic heterocycles. The molecule has 0 radical (unpaired) electrons. The van der Waals surface area contributed by atoms with E-state index in [1.807, 2.05) is 32.0 Å². The van der Waals surface area contributed by atoms with Crippen LogP contribution in [-0.4, -0.2) is 19.0 Å². The van der Waals surface area contributed by atoms with Crippen molar-refractivity contribution in [1.29, 1.82) is 0 Å². The quantitative estimate of drug-likeness (QED) is 0.791. The van der Waals surface area contributed by atoms with Crippen molar-refractivity contribution in [2.45, 2.75) is 26.4 Å². The van der Waals surface area contributed by atoms with Gasteiger partial charge in [0, 0.05) is 18.6 Å². The van der Waals surface area contributed by atoms with E-state index in [4.69, 9.17) is 16.3 Å². The summed E-state index contributed by atoms with van der Waals surface area (Å²) in [6.45, 7) is 3.94. The summed E-state index contributed by atoms with van der Waals surface area (Å²) >= 11 is 6.00. The van der Waals surface area contributed by atoms with E-state index < -0.39 is 0 Å². The zero-order valence-electron chi connectivity index (χ0n) is 9.87. The maximum atomic E-state index is 12.0. The highest BCUT2D eigenvalue weighted by atomic mass is 35.5. The Hall–Kier alpha value is -0.860. The van der Waals surface area contributed by atoms with Crippen LogP contribution in [0.3, 0.4) is 0 Å². The lowest BCUT2D eigenvalue weighted by molar-refractivity contribution is -0.130. The Labute approximate surface area is 102 Å². The summed E-state index contributed by atoms with van der Waals surface area (Å²) in [4.78, 5) is 12.0. The maximum Gasteiger partial charge on any atom is 0.166 e. The van der Waals surface area contributed by atoms with Crippen LogP contribution in [0.25, 0.3) is 0 Å². The number of benzene rings is 1. The summed E-state index contributed by atoms with van der Waals surface area (Å²) < 4.78 is 5.19. The normalized spacial score (nSPS) is 12.8. The van der Waals surface area contributed by atoms with Crippen molar-refractivity contribution < 1.29 is 9.53 Å². The first kappa shape index (κ1) is 13.2. The SMILES string of the molecule is COC(C(=O)Cc1ccccc1Cl)C(C)C. The van der Waals surface area contributed by atoms with Gasteiger partial charge in [-0.15, -0.1) is 0 Å². The van der Waals surface area contributed by atoms with Gasteiger partial charge in [0.1, 0.15) is 6.10 Å². The Bertz CT molecular complexity index is 361. The predicted molar refractivity (Wildman–Crippen MR) is 65.8 cm³/mol. The summed E-state index contributed by atoms with van der Waals surface area (Å²) in [6.07, 6.45) is -0.0210. The van der Waals surface area contributed by atoms with Crippen LogP contribution in [0.1, 0.15) is 19.4 Å². The number of methoxy groups -OCH3 is 1. The van der Waals surface area contributed by atoms with Gasteiger partial charge >= 0.3 is 0 Å². The number of Topliss-reactive ketones (excluding diaryl/α,β-unsaturated/α-hetero) is 1. The molecule has 1 aromatic rings. The molecule has 1 atom stereocenters. The van der Waals surface area contributed by atoms with Crippen LogP contribution in [0.2, 0.25) is 5.02 Å². The lowest BCUT2D eigenvalue weighted by Gasteiger charge is -2.17. The van der Waals surface area contributed by atoms with Crippen LogP contribution in [0.5, 0.6) is 0 Å². The van der Waals surface area contributed by atoms with Crippen molar-refractivity contribution in [3.05, 3.63) is 34.9 Å². The average Bonchev–Trinajstić information content (AvgIpc) is 2.22. The van der Waals surface area contributed by atoms with E-state index in [9.17, 15) is 4.79 Å². The fraction of sp³-hybridized carbons (Fsp3) is 0.462. The fourth-order valence-electron chi connectivity index (χ4n) is 1.71. The van der Waals surface area contributed by atoms with Gasteiger partial charge in [-0.2, -0.15) is 0 Å². The molecule has 0 saturated heterocycles. The zero-order valence-corrected chi connectivity index (χ0v) is 10.6. The molecular weight excluding hydrogens is 224 g/mol. The molecule has 0 bridgehead atoms. The largest absolute Gasteiger partial charge is 0.373 e. The molecule has 0 N–H and O–H groups in total. The molecule has 3 heteroatoms. The summed E-state index contributed by atoms with van der Waals surface area (Å²) in [5.41, 5.74) is 0.858. The minimum absolute atomic E-state index is 0.0746. The second kappa shape index (κ2) is 6.02. The van der Waals surface area contributed by atoms with Gasteiger partial charge in [-0.25, -0.2) is 0 Å². The molecule has 88 valence electrons. The van der Waals surface area contributed by atoms with Crippen LogP contribution in [0.4, 0.5) is 0 Å². The maximum absolute atomic E-state index is 12.0. The number of ether oxygens (including phenoxy) is 1. The van der Waals surface area contributed by atoms with Gasteiger partial charge in [0.05, 0.1) is 0 Å². The Kier molecular flexibility index (Phi) is 4.97. The molecule has 16 heavy (non-hydrogen) atoms. The van der Waals surface area contributed by atoms with E-state index in [2.05, 4.69) is 0 Å². The van der Waals surface area contributed by atoms with Crippen molar-refractivity contribution >= 4 is 17.4 Å². The Morgan fingerprint density at radius 3 is 2.50 bits per heavy atom. The average molecular weight is 241 g/mol. The molecular formula is C13H17ClO2. The standard InChI is InChI=1S/C13H17ClO2/c1-9(2)13(16-3)12(15)8-10-6-4-5-7-11(10)14/h4-7,9,13H,8H2,1-3H3. The topological polar surface area (TPSA) is 26.3 Å². The number of ketones is 1. The Morgan fingerprint density at radius 2 is 2.00 bits per heavy atom. The number of carbonyl (C=O) groups excluding carboxylic acids is 1. The Morgan fingerprint density at radius 1 is 1.38 bits per heavy atom. The van der Waals surface area contributed by atoms with Gasteiger partial charge in [0.25, 0.3) is 0 Å². The molecule has 0 spiro atoms. The fourth-order valence-corrected chi connectivity index (χ4v) is 1.91. The summed E-state index contributed by atoms with van der Waals surface area (Å²) in [5.74, 6) is 0.255. The van der Waals surface area contributed by atoms with Crippen LogP contribution in [-0.2, 0) is 16.0 Å². The molecule has 0 aliphatic rings. The molecule has 0 heterocycles. The highest BCUT2D eigenvalue weighted by molar-refractivity contribution is 6.31. The zero-order chi connectivity index (χ0) is 12.1. The Balaban J connectivity index is 2.74. The number of rotatable bonds is 5. The summed E-state index contributed by atoms with van der Waals surface area (Å²) in [5, 5.41) is 0.634. The molecule has 2 nitrogen and oxygen atoms in total. The van der Waals surface area contributed by atoms with Gasteiger partial charge in [0.2, 0.25) is 0 Å². The highest BCUT2D eigenvalue weighted by Gasteiger charge is 2.21. The number of hydrogen-bond acceptors (Lipinski definition) is 2. The van der Waals surface area contributed by atoms with E-state index in [0.29, 0.717) is 11.4 Å². The van der Waals surface area contributed by atoms with Gasteiger partial charge in [-0.1, -0.05) is 43.6 Å². The highest BCUT2D eigenvalue weighted by Crippen LogP contribution is 2.18. The first-order valence-corrected chi connectivity index (χ1v) is 5.73. The minimum atomic E-state index is -0.351. The van der Waals surface area contributed by atoms with Gasteiger partial charge in [-0.3, -0.25) is 4.79 Å². The van der Waals surface area contributed by atoms with E-state index in [0.717, 1.165) is 5.56 Å². The monoisotopic (exact) mass is 240 g/mol. The van der Waals surface area contributed by atoms with Crippen LogP contribution < -0.4 is 0 Å². The first-order valence-electron chi connectivity index (χ1n) is 5.35. The van der Waals surface area contributed by atoms with Crippen molar-refractivity contribution in [3.63, 3.8) is 0 Å². The molecule has 1 aromatic carbocycles. The lowest BCUT2D eigenvalue weighted by Crippen LogP contribution is -2.29. The first-order chi connectivity index (χ1) is 7.56. The number of halogens is 1. The summed E-state index contributed by atoms with van der Waals surface area (Å²) in [6, 6.07) is 7.40. The molecule has 0 aliphatic carbocycles. The van der Waals surface area contributed by atoms with Gasteiger partial charge in [-0.05, 0) is 17.5 Å². The molecule has 0 aliphatic heterocycles. The van der Waals surface area contributed by atoms with Crippen LogP contribution in [0, 0.1) is 5.92 Å². The second-order valence-corrected chi connectivity index (χ2v) is 4.54. The smallest absolute Gasteiger partial charge is 0.166 e. The van der Waals surface area contributed by atoms with E-state index in [1.165, 1.54) is 0 Å². The molecule has 0 amide bonds. The van der Waals surface area contributed by atoms with Crippen molar-refractivity contribution in [1.82, 2.24) is 0 Å². The van der Waals surface area contributed by atoms with Gasteiger partial charge in [0.15, 0.2) is 5.78 Å². The predicted octanol–water partition coefficient (Wildman–Crippen LogP) is 3.12. The second-order valence-electron chi connectivity index (χ2n) is 4.13. The third-order valence-corrected chi connectivity index (χ3v) is 2.87. The summed E-state index contributed by atoms with van der Waals surface area (Å²) in [7, 11) is 1.56. The van der Waals surface area contributed by atoms with Crippen molar-refractivity contribution in [2.24, 2.45) is 5.92 Å². The molecule has 0 saturated carbocycles. The molecule has 0 fully saturated rings. The lowest BCUT2D eigenvalue weighted by atomic mass is 9.98. The third kappa shape index (κ3) is 3.32. The van der Waals surface area contributed by atoms with Crippen LogP contribution in [0.15, 0.2) is 24.3 Å². The van der Waals surface area contributed by atoms with E-state index in [1.54, 1.807) is 13.2 Å². The molecule has 1 rings (SSSR count).